The van der Waals surface area contributed by atoms with E-state index >= 15 is 0 Å². The number of hydrogen-bond donors (Lipinski definition) is 1. The van der Waals surface area contributed by atoms with E-state index in [4.69, 9.17) is 11.6 Å². The summed E-state index contributed by atoms with van der Waals surface area (Å²) in [5.74, 6) is -0.467. The molecule has 0 saturated heterocycles. The molecule has 0 unspecified atom stereocenters. The number of carbonyl (C=O) groups excluding carboxylic acids is 2. The molecule has 7 nitrogen and oxygen atoms in total. The molecule has 0 radical (unpaired) electrons. The number of sulfonamides is 1. The van der Waals surface area contributed by atoms with Crippen molar-refractivity contribution in [2.45, 2.75) is 58.7 Å². The molecule has 3 aromatic carbocycles. The maximum atomic E-state index is 13.8. The van der Waals surface area contributed by atoms with Crippen LogP contribution in [0.3, 0.4) is 0 Å². The molecule has 3 aromatic rings. The number of rotatable bonds is 13. The van der Waals surface area contributed by atoms with Crippen LogP contribution >= 0.6 is 11.6 Å². The zero-order valence-corrected chi connectivity index (χ0v) is 25.1. The van der Waals surface area contributed by atoms with Crippen LogP contribution in [0.15, 0.2) is 78.9 Å². The number of halogens is 1. The van der Waals surface area contributed by atoms with Crippen molar-refractivity contribution in [3.8, 4) is 0 Å². The maximum Gasteiger partial charge on any atom is 0.243 e. The number of amides is 2. The fourth-order valence-electron chi connectivity index (χ4n) is 4.44. The van der Waals surface area contributed by atoms with E-state index in [1.54, 1.807) is 29.2 Å². The quantitative estimate of drug-likeness (QED) is 0.293. The van der Waals surface area contributed by atoms with E-state index in [-0.39, 0.29) is 37.4 Å². The number of benzene rings is 3. The number of anilines is 1. The van der Waals surface area contributed by atoms with Crippen molar-refractivity contribution in [2.75, 3.05) is 17.1 Å². The molecule has 40 heavy (non-hydrogen) atoms. The van der Waals surface area contributed by atoms with Crippen molar-refractivity contribution < 1.29 is 18.0 Å². The van der Waals surface area contributed by atoms with Crippen LogP contribution < -0.4 is 9.62 Å². The molecule has 0 aliphatic heterocycles. The maximum absolute atomic E-state index is 13.8. The minimum absolute atomic E-state index is 0.0751. The van der Waals surface area contributed by atoms with Gasteiger partial charge in [-0.1, -0.05) is 71.8 Å². The zero-order chi connectivity index (χ0) is 29.3. The molecule has 0 aliphatic rings. The van der Waals surface area contributed by atoms with E-state index in [1.807, 2.05) is 75.4 Å². The monoisotopic (exact) mass is 583 g/mol. The highest BCUT2D eigenvalue weighted by Crippen LogP contribution is 2.21. The van der Waals surface area contributed by atoms with Crippen molar-refractivity contribution >= 4 is 39.1 Å². The van der Waals surface area contributed by atoms with E-state index < -0.39 is 16.1 Å². The Bertz CT molecular complexity index is 1360. The smallest absolute Gasteiger partial charge is 0.243 e. The number of carbonyl (C=O) groups is 2. The zero-order valence-electron chi connectivity index (χ0n) is 23.5. The first-order valence-corrected chi connectivity index (χ1v) is 15.6. The minimum Gasteiger partial charge on any atom is -0.352 e. The highest BCUT2D eigenvalue weighted by atomic mass is 35.5. The molecule has 0 aliphatic carbocycles. The first-order chi connectivity index (χ1) is 18.9. The summed E-state index contributed by atoms with van der Waals surface area (Å²) < 4.78 is 26.4. The Morgan fingerprint density at radius 1 is 0.900 bits per heavy atom. The lowest BCUT2D eigenvalue weighted by molar-refractivity contribution is -0.141. The molecule has 0 fully saturated rings. The fourth-order valence-corrected chi connectivity index (χ4v) is 5.53. The molecule has 214 valence electrons. The first-order valence-electron chi connectivity index (χ1n) is 13.4. The van der Waals surface area contributed by atoms with Gasteiger partial charge in [0.25, 0.3) is 0 Å². The lowest BCUT2D eigenvalue weighted by Gasteiger charge is -2.32. The van der Waals surface area contributed by atoms with Crippen LogP contribution in [0.5, 0.6) is 0 Å². The molecule has 0 spiro atoms. The third kappa shape index (κ3) is 9.38. The molecular weight excluding hydrogens is 546 g/mol. The fraction of sp³-hybridized carbons (Fsp3) is 0.355. The summed E-state index contributed by atoms with van der Waals surface area (Å²) in [5, 5.41) is 3.55. The second kappa shape index (κ2) is 14.3. The summed E-state index contributed by atoms with van der Waals surface area (Å²) in [7, 11) is -3.55. The van der Waals surface area contributed by atoms with Gasteiger partial charge in [-0.25, -0.2) is 8.42 Å². The topological polar surface area (TPSA) is 86.8 Å². The minimum atomic E-state index is -3.55. The van der Waals surface area contributed by atoms with Gasteiger partial charge >= 0.3 is 0 Å². The van der Waals surface area contributed by atoms with Gasteiger partial charge in [-0.05, 0) is 62.6 Å². The molecule has 0 heterocycles. The number of nitrogens with one attached hydrogen (secondary N) is 1. The van der Waals surface area contributed by atoms with E-state index in [0.29, 0.717) is 23.6 Å². The Morgan fingerprint density at radius 2 is 1.52 bits per heavy atom. The molecule has 1 N–H and O–H groups in total. The Kier molecular flexibility index (Phi) is 11.2. The second-order valence-electron chi connectivity index (χ2n) is 10.3. The molecule has 0 aromatic heterocycles. The van der Waals surface area contributed by atoms with Gasteiger partial charge in [0.1, 0.15) is 6.04 Å². The van der Waals surface area contributed by atoms with E-state index in [1.165, 1.54) is 4.31 Å². The summed E-state index contributed by atoms with van der Waals surface area (Å²) in [6, 6.07) is 23.2. The third-order valence-electron chi connectivity index (χ3n) is 6.44. The summed E-state index contributed by atoms with van der Waals surface area (Å²) in [6.07, 6.45) is 1.87. The van der Waals surface area contributed by atoms with Crippen LogP contribution in [-0.2, 0) is 32.6 Å². The highest BCUT2D eigenvalue weighted by Gasteiger charge is 2.31. The summed E-state index contributed by atoms with van der Waals surface area (Å²) >= 11 is 6.08. The van der Waals surface area contributed by atoms with Crippen molar-refractivity contribution in [3.05, 3.63) is 101 Å². The number of hydrogen-bond acceptors (Lipinski definition) is 4. The molecule has 0 bridgehead atoms. The van der Waals surface area contributed by atoms with Crippen molar-refractivity contribution in [1.29, 1.82) is 0 Å². The Morgan fingerprint density at radius 3 is 2.10 bits per heavy atom. The number of nitrogens with zero attached hydrogens (tertiary/aromatic N) is 2. The summed E-state index contributed by atoms with van der Waals surface area (Å²) in [6.45, 7) is 6.06. The van der Waals surface area contributed by atoms with Crippen LogP contribution in [0, 0.1) is 6.92 Å². The van der Waals surface area contributed by atoms with Gasteiger partial charge in [0.05, 0.1) is 11.9 Å². The van der Waals surface area contributed by atoms with Gasteiger partial charge in [0, 0.05) is 37.0 Å². The van der Waals surface area contributed by atoms with Crippen molar-refractivity contribution in [3.63, 3.8) is 0 Å². The van der Waals surface area contributed by atoms with Crippen LogP contribution in [0.4, 0.5) is 5.69 Å². The van der Waals surface area contributed by atoms with Crippen molar-refractivity contribution in [1.82, 2.24) is 10.2 Å². The van der Waals surface area contributed by atoms with E-state index in [2.05, 4.69) is 5.32 Å². The predicted molar refractivity (Wildman–Crippen MR) is 162 cm³/mol. The predicted octanol–water partition coefficient (Wildman–Crippen LogP) is 5.36. The summed E-state index contributed by atoms with van der Waals surface area (Å²) in [5.41, 5.74) is 3.35. The van der Waals surface area contributed by atoms with Crippen LogP contribution in [0.1, 0.15) is 43.4 Å². The first kappa shape index (κ1) is 31.2. The Hall–Kier alpha value is -3.36. The van der Waals surface area contributed by atoms with Gasteiger partial charge in [-0.3, -0.25) is 13.9 Å². The molecule has 3 rings (SSSR count). The van der Waals surface area contributed by atoms with Gasteiger partial charge in [0.15, 0.2) is 0 Å². The SMILES string of the molecule is Cc1ccc(N(CCCC(=O)N(Cc2ccc(Cl)cc2)[C@@H](Cc2ccccc2)C(=O)NC(C)C)S(C)(=O)=O)cc1. The lowest BCUT2D eigenvalue weighted by Crippen LogP contribution is -2.51. The molecule has 0 saturated carbocycles. The normalized spacial score (nSPS) is 12.2. The van der Waals surface area contributed by atoms with Crippen LogP contribution in [-0.4, -0.2) is 50.0 Å². The van der Waals surface area contributed by atoms with Crippen LogP contribution in [0.25, 0.3) is 0 Å². The molecule has 9 heteroatoms. The largest absolute Gasteiger partial charge is 0.352 e. The van der Waals surface area contributed by atoms with E-state index in [0.717, 1.165) is 22.9 Å². The van der Waals surface area contributed by atoms with Gasteiger partial charge in [-0.15, -0.1) is 0 Å². The Labute approximate surface area is 243 Å². The van der Waals surface area contributed by atoms with Crippen molar-refractivity contribution in [2.24, 2.45) is 0 Å². The highest BCUT2D eigenvalue weighted by molar-refractivity contribution is 7.92. The van der Waals surface area contributed by atoms with Crippen LogP contribution in [0.2, 0.25) is 5.02 Å². The average Bonchev–Trinajstić information content (AvgIpc) is 2.90. The second-order valence-corrected chi connectivity index (χ2v) is 12.6. The summed E-state index contributed by atoms with van der Waals surface area (Å²) in [4.78, 5) is 28.9. The van der Waals surface area contributed by atoms with Gasteiger partial charge in [0.2, 0.25) is 21.8 Å². The standard InChI is InChI=1S/C31H38ClN3O4S/c1-23(2)33-31(37)29(21-25-9-6-5-7-10-25)34(22-26-14-16-27(32)17-15-26)30(36)11-8-20-35(40(4,38)39)28-18-12-24(3)13-19-28/h5-7,9-10,12-19,23,29H,8,11,20-22H2,1-4H3,(H,33,37)/t29-/m0/s1. The molecule has 1 atom stereocenters. The molecule has 2 amide bonds. The van der Waals surface area contributed by atoms with Gasteiger partial charge in [-0.2, -0.15) is 0 Å². The van der Waals surface area contributed by atoms with Gasteiger partial charge < -0.3 is 10.2 Å². The Balaban J connectivity index is 1.87. The molecular formula is C31H38ClN3O4S. The third-order valence-corrected chi connectivity index (χ3v) is 7.89. The average molecular weight is 584 g/mol. The number of aryl methyl sites for hydroxylation is 1. The lowest BCUT2D eigenvalue weighted by atomic mass is 10.0. The van der Waals surface area contributed by atoms with E-state index in [9.17, 15) is 18.0 Å².